The number of carbonyl (C=O) groups is 1. The number of nitrogens with one attached hydrogen (secondary N) is 1. The molecule has 25 heavy (non-hydrogen) atoms. The third-order valence-corrected chi connectivity index (χ3v) is 4.84. The van der Waals surface area contributed by atoms with Gasteiger partial charge in [-0.2, -0.15) is 10.1 Å². The molecule has 6 nitrogen and oxygen atoms in total. The number of fused-ring (bicyclic) bond motifs is 2. The number of unbranched alkanes of at least 4 members (excludes halogenated alkanes) is 1. The summed E-state index contributed by atoms with van der Waals surface area (Å²) in [6, 6.07) is 7.73. The van der Waals surface area contributed by atoms with E-state index in [2.05, 4.69) is 28.4 Å². The molecule has 0 spiro atoms. The van der Waals surface area contributed by atoms with Gasteiger partial charge in [-0.15, -0.1) is 0 Å². The molecule has 0 saturated heterocycles. The van der Waals surface area contributed by atoms with Crippen LogP contribution >= 0.6 is 0 Å². The number of anilines is 1. The van der Waals surface area contributed by atoms with Crippen molar-refractivity contribution in [2.24, 2.45) is 5.92 Å². The van der Waals surface area contributed by atoms with E-state index in [-0.39, 0.29) is 17.7 Å². The van der Waals surface area contributed by atoms with Crippen LogP contribution in [0.1, 0.15) is 44.2 Å². The van der Waals surface area contributed by atoms with Crippen LogP contribution in [0.25, 0.3) is 0 Å². The van der Waals surface area contributed by atoms with E-state index < -0.39 is 0 Å². The van der Waals surface area contributed by atoms with Gasteiger partial charge in [0.2, 0.25) is 5.95 Å². The lowest BCUT2D eigenvalue weighted by Crippen LogP contribution is -2.39. The van der Waals surface area contributed by atoms with Gasteiger partial charge in [0.05, 0.1) is 18.6 Å². The van der Waals surface area contributed by atoms with Gasteiger partial charge >= 0.3 is 0 Å². The van der Waals surface area contributed by atoms with Crippen molar-refractivity contribution in [2.75, 3.05) is 11.9 Å². The minimum Gasteiger partial charge on any atom is -0.493 e. The SMILES string of the molecule is CCCCOc1ccccc1[C@H]1[C@@H]2C(=O)CCC=C2Nc2ncnn21. The number of rotatable bonds is 5. The molecule has 1 N–H and O–H groups in total. The van der Waals surface area contributed by atoms with Gasteiger partial charge in [-0.1, -0.05) is 37.6 Å². The first kappa shape index (κ1) is 15.9. The van der Waals surface area contributed by atoms with Gasteiger partial charge in [0.1, 0.15) is 17.9 Å². The van der Waals surface area contributed by atoms with Crippen LogP contribution in [0.3, 0.4) is 0 Å². The number of nitrogens with zero attached hydrogens (tertiary/aromatic N) is 3. The summed E-state index contributed by atoms with van der Waals surface area (Å²) in [5, 5.41) is 7.66. The smallest absolute Gasteiger partial charge is 0.226 e. The van der Waals surface area contributed by atoms with Crippen LogP contribution < -0.4 is 10.1 Å². The summed E-state index contributed by atoms with van der Waals surface area (Å²) in [4.78, 5) is 17.0. The molecule has 2 atom stereocenters. The van der Waals surface area contributed by atoms with Crippen LogP contribution in [-0.2, 0) is 4.79 Å². The molecule has 2 heterocycles. The van der Waals surface area contributed by atoms with Crippen molar-refractivity contribution in [1.29, 1.82) is 0 Å². The van der Waals surface area contributed by atoms with Crippen LogP contribution in [0.2, 0.25) is 0 Å². The highest BCUT2D eigenvalue weighted by molar-refractivity contribution is 5.87. The standard InChI is InChI=1S/C19H22N4O2/c1-2-3-11-25-16-10-5-4-7-13(16)18-17-14(8-6-9-15(17)24)22-19-20-12-21-23(18)19/h4-5,7-8,10,12,17-18H,2-3,6,9,11H2,1H3,(H,20,21,22)/t17-,18-/m0/s1. The number of ketones is 1. The molecule has 0 saturated carbocycles. The third-order valence-electron chi connectivity index (χ3n) is 4.84. The van der Waals surface area contributed by atoms with Crippen molar-refractivity contribution in [1.82, 2.24) is 14.8 Å². The maximum Gasteiger partial charge on any atom is 0.226 e. The second-order valence-electron chi connectivity index (χ2n) is 6.48. The molecule has 1 aliphatic carbocycles. The van der Waals surface area contributed by atoms with Crippen molar-refractivity contribution in [3.05, 3.63) is 47.9 Å². The Balaban J connectivity index is 1.79. The number of hydrogen-bond acceptors (Lipinski definition) is 5. The number of Topliss-reactive ketones (excluding diaryl/α,β-unsaturated/α-hetero) is 1. The predicted molar refractivity (Wildman–Crippen MR) is 94.4 cm³/mol. The van der Waals surface area contributed by atoms with Crippen LogP contribution in [0.4, 0.5) is 5.95 Å². The summed E-state index contributed by atoms with van der Waals surface area (Å²) in [5.41, 5.74) is 1.92. The van der Waals surface area contributed by atoms with E-state index >= 15 is 0 Å². The topological polar surface area (TPSA) is 69.0 Å². The van der Waals surface area contributed by atoms with E-state index in [1.165, 1.54) is 6.33 Å². The molecular formula is C19H22N4O2. The summed E-state index contributed by atoms with van der Waals surface area (Å²) < 4.78 is 7.84. The number of allylic oxidation sites excluding steroid dienone is 2. The average Bonchev–Trinajstić information content (AvgIpc) is 3.09. The summed E-state index contributed by atoms with van der Waals surface area (Å²) in [6.45, 7) is 2.81. The van der Waals surface area contributed by atoms with Gasteiger partial charge in [-0.25, -0.2) is 4.68 Å². The lowest BCUT2D eigenvalue weighted by atomic mass is 9.80. The van der Waals surface area contributed by atoms with Crippen LogP contribution in [-0.4, -0.2) is 27.2 Å². The second-order valence-corrected chi connectivity index (χ2v) is 6.48. The molecule has 2 aliphatic rings. The Morgan fingerprint density at radius 1 is 1.36 bits per heavy atom. The molecule has 0 bridgehead atoms. The van der Waals surface area contributed by atoms with Gasteiger partial charge in [-0.05, 0) is 18.9 Å². The van der Waals surface area contributed by atoms with Gasteiger partial charge in [0.15, 0.2) is 0 Å². The molecule has 130 valence electrons. The largest absolute Gasteiger partial charge is 0.493 e. The van der Waals surface area contributed by atoms with Crippen molar-refractivity contribution in [3.63, 3.8) is 0 Å². The molecule has 0 unspecified atom stereocenters. The number of ether oxygens (including phenoxy) is 1. The zero-order valence-corrected chi connectivity index (χ0v) is 14.3. The maximum absolute atomic E-state index is 12.7. The molecule has 6 heteroatoms. The zero-order valence-electron chi connectivity index (χ0n) is 14.3. The van der Waals surface area contributed by atoms with Gasteiger partial charge in [-0.3, -0.25) is 4.79 Å². The normalized spacial score (nSPS) is 21.8. The Kier molecular flexibility index (Phi) is 4.26. The molecule has 0 radical (unpaired) electrons. The Labute approximate surface area is 146 Å². The molecule has 4 rings (SSSR count). The summed E-state index contributed by atoms with van der Waals surface area (Å²) >= 11 is 0. The molecule has 2 aromatic rings. The molecule has 0 fully saturated rings. The van der Waals surface area contributed by atoms with Crippen molar-refractivity contribution in [2.45, 2.75) is 38.6 Å². The summed E-state index contributed by atoms with van der Waals surface area (Å²) in [7, 11) is 0. The van der Waals surface area contributed by atoms with Crippen molar-refractivity contribution >= 4 is 11.7 Å². The van der Waals surface area contributed by atoms with E-state index in [1.807, 2.05) is 28.9 Å². The van der Waals surface area contributed by atoms with Gasteiger partial charge < -0.3 is 10.1 Å². The van der Waals surface area contributed by atoms with E-state index in [0.29, 0.717) is 19.0 Å². The first-order valence-corrected chi connectivity index (χ1v) is 8.90. The highest BCUT2D eigenvalue weighted by Gasteiger charge is 2.42. The van der Waals surface area contributed by atoms with Gasteiger partial charge in [0.25, 0.3) is 0 Å². The Bertz CT molecular complexity index is 811. The molecule has 1 aromatic carbocycles. The maximum atomic E-state index is 12.7. The molecule has 1 aromatic heterocycles. The Hall–Kier alpha value is -2.63. The number of para-hydroxylation sites is 1. The summed E-state index contributed by atoms with van der Waals surface area (Å²) in [5.74, 6) is 1.46. The minimum absolute atomic E-state index is 0.226. The average molecular weight is 338 g/mol. The Morgan fingerprint density at radius 2 is 2.24 bits per heavy atom. The third kappa shape index (κ3) is 2.81. The highest BCUT2D eigenvalue weighted by atomic mass is 16.5. The van der Waals surface area contributed by atoms with E-state index in [9.17, 15) is 4.79 Å². The summed E-state index contributed by atoms with van der Waals surface area (Å²) in [6.07, 6.45) is 7.05. The fourth-order valence-corrected chi connectivity index (χ4v) is 3.61. The number of benzene rings is 1. The first-order valence-electron chi connectivity index (χ1n) is 8.90. The lowest BCUT2D eigenvalue weighted by Gasteiger charge is -2.36. The number of carbonyl (C=O) groups excluding carboxylic acids is 1. The zero-order chi connectivity index (χ0) is 17.2. The van der Waals surface area contributed by atoms with Gasteiger partial charge in [0, 0.05) is 17.7 Å². The molecular weight excluding hydrogens is 316 g/mol. The number of hydrogen-bond donors (Lipinski definition) is 1. The van der Waals surface area contributed by atoms with E-state index in [4.69, 9.17) is 4.74 Å². The number of aromatic nitrogens is 3. The van der Waals surface area contributed by atoms with Crippen LogP contribution in [0.5, 0.6) is 5.75 Å². The van der Waals surface area contributed by atoms with Crippen LogP contribution in [0.15, 0.2) is 42.4 Å². The van der Waals surface area contributed by atoms with E-state index in [1.54, 1.807) is 0 Å². The predicted octanol–water partition coefficient (Wildman–Crippen LogP) is 3.33. The minimum atomic E-state index is -0.265. The second kappa shape index (κ2) is 6.70. The quantitative estimate of drug-likeness (QED) is 0.847. The monoisotopic (exact) mass is 338 g/mol. The molecule has 1 aliphatic heterocycles. The van der Waals surface area contributed by atoms with Crippen molar-refractivity contribution < 1.29 is 9.53 Å². The first-order chi connectivity index (χ1) is 12.3. The Morgan fingerprint density at radius 3 is 3.12 bits per heavy atom. The fraction of sp³-hybridized carbons (Fsp3) is 0.421. The van der Waals surface area contributed by atoms with Crippen molar-refractivity contribution in [3.8, 4) is 5.75 Å². The highest BCUT2D eigenvalue weighted by Crippen LogP contribution is 2.43. The van der Waals surface area contributed by atoms with Crippen LogP contribution in [0, 0.1) is 5.92 Å². The molecule has 0 amide bonds. The van der Waals surface area contributed by atoms with E-state index in [0.717, 1.165) is 36.3 Å². The lowest BCUT2D eigenvalue weighted by molar-refractivity contribution is -0.123. The fourth-order valence-electron chi connectivity index (χ4n) is 3.61.